The molecule has 0 saturated carbocycles. The van der Waals surface area contributed by atoms with Gasteiger partial charge in [-0.05, 0) is 29.5 Å². The second-order valence-corrected chi connectivity index (χ2v) is 8.42. The van der Waals surface area contributed by atoms with E-state index in [0.717, 1.165) is 16.7 Å². The van der Waals surface area contributed by atoms with Crippen LogP contribution in [0, 0.1) is 0 Å². The molecule has 38 heavy (non-hydrogen) atoms. The number of nitrogens with two attached hydrogens (primary N) is 1. The lowest BCUT2D eigenvalue weighted by atomic mass is 10.0. The van der Waals surface area contributed by atoms with E-state index in [9.17, 15) is 19.5 Å². The van der Waals surface area contributed by atoms with Crippen molar-refractivity contribution in [3.05, 3.63) is 108 Å². The first kappa shape index (κ1) is 30.0. The van der Waals surface area contributed by atoms with Crippen LogP contribution in [0.1, 0.15) is 16.7 Å². The molecule has 0 aliphatic rings. The summed E-state index contributed by atoms with van der Waals surface area (Å²) in [5.41, 5.74) is 8.04. The number of rotatable bonds is 11. The van der Waals surface area contributed by atoms with E-state index in [1.54, 1.807) is 36.4 Å². The van der Waals surface area contributed by atoms with Crippen LogP contribution < -0.4 is 11.1 Å². The Labute approximate surface area is 220 Å². The molecule has 3 rings (SSSR count). The SMILES string of the molecule is N[C@H](Cc1ccccc1)[C@H](O)C(=O)O.O=C(N[C@H](Cc1ccccc1)[C@H](O)C(=O)O)OCc1ccccc1. The average Bonchev–Trinajstić information content (AvgIpc) is 2.92. The Bertz CT molecular complexity index is 1130. The third-order valence-electron chi connectivity index (χ3n) is 5.42. The van der Waals surface area contributed by atoms with E-state index >= 15 is 0 Å². The Hall–Kier alpha value is -4.25. The van der Waals surface area contributed by atoms with E-state index in [1.165, 1.54) is 0 Å². The summed E-state index contributed by atoms with van der Waals surface area (Å²) in [7, 11) is 0. The maximum atomic E-state index is 11.9. The molecule has 0 aromatic heterocycles. The predicted octanol–water partition coefficient (Wildman–Crippen LogP) is 1.97. The zero-order valence-electron chi connectivity index (χ0n) is 20.6. The van der Waals surface area contributed by atoms with Gasteiger partial charge in [0.2, 0.25) is 0 Å². The molecule has 1 amide bonds. The van der Waals surface area contributed by atoms with Crippen molar-refractivity contribution in [2.75, 3.05) is 0 Å². The first-order valence-corrected chi connectivity index (χ1v) is 11.8. The van der Waals surface area contributed by atoms with Crippen LogP contribution in [-0.4, -0.2) is 62.7 Å². The third kappa shape index (κ3) is 10.8. The number of aliphatic carboxylic acids is 2. The van der Waals surface area contributed by atoms with E-state index in [-0.39, 0.29) is 13.0 Å². The zero-order chi connectivity index (χ0) is 27.9. The molecule has 0 radical (unpaired) electrons. The first-order chi connectivity index (χ1) is 18.2. The molecule has 202 valence electrons. The predicted molar refractivity (Wildman–Crippen MR) is 139 cm³/mol. The molecule has 0 saturated heterocycles. The molecule has 7 N–H and O–H groups in total. The van der Waals surface area contributed by atoms with Gasteiger partial charge in [0.15, 0.2) is 12.2 Å². The number of carbonyl (C=O) groups is 3. The van der Waals surface area contributed by atoms with Crippen molar-refractivity contribution < 1.29 is 39.5 Å². The van der Waals surface area contributed by atoms with Crippen molar-refractivity contribution in [2.45, 2.75) is 43.7 Å². The fourth-order valence-corrected chi connectivity index (χ4v) is 3.38. The molecule has 0 heterocycles. The van der Waals surface area contributed by atoms with Gasteiger partial charge < -0.3 is 36.2 Å². The van der Waals surface area contributed by atoms with Gasteiger partial charge in [-0.1, -0.05) is 91.0 Å². The van der Waals surface area contributed by atoms with E-state index in [4.69, 9.17) is 25.8 Å². The summed E-state index contributed by atoms with van der Waals surface area (Å²) in [5, 5.41) is 38.9. The highest BCUT2D eigenvalue weighted by molar-refractivity contribution is 5.75. The molecule has 0 unspecified atom stereocenters. The number of amides is 1. The lowest BCUT2D eigenvalue weighted by Gasteiger charge is -2.21. The van der Waals surface area contributed by atoms with Crippen LogP contribution >= 0.6 is 0 Å². The minimum Gasteiger partial charge on any atom is -0.479 e. The summed E-state index contributed by atoms with van der Waals surface area (Å²) in [4.78, 5) is 33.4. The zero-order valence-corrected chi connectivity index (χ0v) is 20.6. The third-order valence-corrected chi connectivity index (χ3v) is 5.42. The summed E-state index contributed by atoms with van der Waals surface area (Å²) in [6, 6.07) is 25.6. The van der Waals surface area contributed by atoms with Gasteiger partial charge >= 0.3 is 18.0 Å². The molecule has 0 aliphatic carbocycles. The van der Waals surface area contributed by atoms with Gasteiger partial charge in [0.05, 0.1) is 6.04 Å². The quantitative estimate of drug-likeness (QED) is 0.219. The number of hydrogen-bond acceptors (Lipinski definition) is 7. The second kappa shape index (κ2) is 15.8. The minimum absolute atomic E-state index is 0.0634. The van der Waals surface area contributed by atoms with Crippen LogP contribution in [0.25, 0.3) is 0 Å². The Kier molecular flexibility index (Phi) is 12.4. The number of carbonyl (C=O) groups excluding carboxylic acids is 1. The molecule has 10 nitrogen and oxygen atoms in total. The number of aliphatic hydroxyl groups excluding tert-OH is 2. The number of aliphatic hydroxyl groups is 2. The van der Waals surface area contributed by atoms with Gasteiger partial charge in [-0.15, -0.1) is 0 Å². The largest absolute Gasteiger partial charge is 0.479 e. The molecule has 3 aromatic carbocycles. The Balaban J connectivity index is 0.000000308. The van der Waals surface area contributed by atoms with Crippen LogP contribution in [0.15, 0.2) is 91.0 Å². The molecule has 0 aliphatic heterocycles. The van der Waals surface area contributed by atoms with Crippen LogP contribution in [0.2, 0.25) is 0 Å². The van der Waals surface area contributed by atoms with E-state index in [2.05, 4.69) is 5.32 Å². The maximum Gasteiger partial charge on any atom is 0.407 e. The number of carboxylic acid groups (broad SMARTS) is 2. The summed E-state index contributed by atoms with van der Waals surface area (Å²) in [5.74, 6) is -2.69. The number of ether oxygens (including phenoxy) is 1. The van der Waals surface area contributed by atoms with Gasteiger partial charge in [-0.3, -0.25) is 0 Å². The maximum absolute atomic E-state index is 11.9. The average molecular weight is 525 g/mol. The molecule has 4 atom stereocenters. The molecular weight excluding hydrogens is 492 g/mol. The van der Waals surface area contributed by atoms with Crippen LogP contribution in [0.4, 0.5) is 4.79 Å². The van der Waals surface area contributed by atoms with Gasteiger partial charge in [0, 0.05) is 6.04 Å². The normalized spacial score (nSPS) is 13.6. The smallest absolute Gasteiger partial charge is 0.407 e. The Morgan fingerprint density at radius 3 is 1.55 bits per heavy atom. The fraction of sp³-hybridized carbons (Fsp3) is 0.250. The molecule has 0 fully saturated rings. The van der Waals surface area contributed by atoms with E-state index in [1.807, 2.05) is 54.6 Å². The fourth-order valence-electron chi connectivity index (χ4n) is 3.38. The standard InChI is InChI=1S/C18H19NO5.C10H13NO3/c20-16(17(21)22)15(11-13-7-3-1-4-8-13)19-18(23)24-12-14-9-5-2-6-10-14;11-8(9(12)10(13)14)6-7-4-2-1-3-5-7/h1-10,15-16,20H,11-12H2,(H,19,23)(H,21,22);1-5,8-9,12H,6,11H2,(H,13,14)/t15-,16+;8-,9+/m11/s1. The monoisotopic (exact) mass is 524 g/mol. The van der Waals surface area contributed by atoms with Gasteiger partial charge in [0.25, 0.3) is 0 Å². The summed E-state index contributed by atoms with van der Waals surface area (Å²) in [6.07, 6.45) is -3.48. The topological polar surface area (TPSA) is 179 Å². The molecule has 10 heteroatoms. The Morgan fingerprint density at radius 1 is 0.684 bits per heavy atom. The van der Waals surface area contributed by atoms with E-state index in [0.29, 0.717) is 6.42 Å². The summed E-state index contributed by atoms with van der Waals surface area (Å²) < 4.78 is 5.07. The highest BCUT2D eigenvalue weighted by Gasteiger charge is 2.28. The minimum atomic E-state index is -1.73. The van der Waals surface area contributed by atoms with Crippen LogP contribution in [0.3, 0.4) is 0 Å². The number of alkyl carbamates (subject to hydrolysis) is 1. The summed E-state index contributed by atoms with van der Waals surface area (Å²) in [6.45, 7) is 0.0634. The van der Waals surface area contributed by atoms with Crippen molar-refractivity contribution in [3.8, 4) is 0 Å². The number of carboxylic acids is 2. The Morgan fingerprint density at radius 2 is 1.11 bits per heavy atom. The molecule has 0 bridgehead atoms. The highest BCUT2D eigenvalue weighted by Crippen LogP contribution is 2.08. The lowest BCUT2D eigenvalue weighted by Crippen LogP contribution is -2.48. The molecular formula is C28H32N2O8. The van der Waals surface area contributed by atoms with Crippen molar-refractivity contribution in [1.82, 2.24) is 5.32 Å². The van der Waals surface area contributed by atoms with Crippen LogP contribution in [-0.2, 0) is 33.8 Å². The molecule has 3 aromatic rings. The van der Waals surface area contributed by atoms with Gasteiger partial charge in [0.1, 0.15) is 6.61 Å². The van der Waals surface area contributed by atoms with Crippen LogP contribution in [0.5, 0.6) is 0 Å². The lowest BCUT2D eigenvalue weighted by molar-refractivity contribution is -0.148. The second-order valence-electron chi connectivity index (χ2n) is 8.42. The van der Waals surface area contributed by atoms with Crippen molar-refractivity contribution in [3.63, 3.8) is 0 Å². The first-order valence-electron chi connectivity index (χ1n) is 11.8. The van der Waals surface area contributed by atoms with Crippen molar-refractivity contribution in [1.29, 1.82) is 0 Å². The highest BCUT2D eigenvalue weighted by atomic mass is 16.5. The van der Waals surface area contributed by atoms with Gasteiger partial charge in [-0.25, -0.2) is 14.4 Å². The van der Waals surface area contributed by atoms with Crippen molar-refractivity contribution >= 4 is 18.0 Å². The summed E-state index contributed by atoms with van der Waals surface area (Å²) >= 11 is 0. The van der Waals surface area contributed by atoms with E-state index < -0.39 is 42.3 Å². The van der Waals surface area contributed by atoms with Crippen molar-refractivity contribution in [2.24, 2.45) is 5.73 Å². The number of hydrogen-bond donors (Lipinski definition) is 6. The van der Waals surface area contributed by atoms with Gasteiger partial charge in [-0.2, -0.15) is 0 Å². The molecule has 0 spiro atoms. The number of benzene rings is 3. The number of nitrogens with one attached hydrogen (secondary N) is 1.